The SMILES string of the molecule is CC(=O)c1cn(CC(=O)OC(C)(C)C)c2ccc(/C(C=N)=C/C=N)cc12. The molecule has 0 radical (unpaired) electrons. The van der Waals surface area contributed by atoms with Crippen LogP contribution in [0.4, 0.5) is 0 Å². The fourth-order valence-electron chi connectivity index (χ4n) is 2.72. The van der Waals surface area contributed by atoms with E-state index in [2.05, 4.69) is 0 Å². The molecule has 0 fully saturated rings. The first-order chi connectivity index (χ1) is 12.2. The second kappa shape index (κ2) is 7.47. The fourth-order valence-corrected chi connectivity index (χ4v) is 2.72. The van der Waals surface area contributed by atoms with Crippen LogP contribution in [0.15, 0.2) is 30.5 Å². The number of fused-ring (bicyclic) bond motifs is 1. The third-order valence-electron chi connectivity index (χ3n) is 3.73. The standard InChI is InChI=1S/C20H23N3O3/c1-13(24)17-11-23(12-19(25)26-20(2,3)4)18-6-5-14(9-16(17)18)15(10-22)7-8-21/h5-11,21-22H,12H2,1-4H3/b15-7+,21-8?,22-10?. The minimum absolute atomic E-state index is 0.00810. The van der Waals surface area contributed by atoms with Crippen molar-refractivity contribution in [2.75, 3.05) is 0 Å². The Bertz CT molecular complexity index is 914. The molecule has 2 aromatic rings. The highest BCUT2D eigenvalue weighted by Crippen LogP contribution is 2.26. The molecule has 0 saturated carbocycles. The van der Waals surface area contributed by atoms with E-state index in [0.29, 0.717) is 16.5 Å². The number of allylic oxidation sites excluding steroid dienone is 2. The summed E-state index contributed by atoms with van der Waals surface area (Å²) in [7, 11) is 0. The van der Waals surface area contributed by atoms with Crippen LogP contribution in [-0.2, 0) is 16.1 Å². The van der Waals surface area contributed by atoms with Crippen molar-refractivity contribution in [2.45, 2.75) is 39.8 Å². The van der Waals surface area contributed by atoms with E-state index in [0.717, 1.165) is 23.5 Å². The van der Waals surface area contributed by atoms with Crippen molar-refractivity contribution in [1.29, 1.82) is 10.8 Å². The molecule has 0 saturated heterocycles. The van der Waals surface area contributed by atoms with Gasteiger partial charge in [-0.3, -0.25) is 9.59 Å². The van der Waals surface area contributed by atoms with Crippen LogP contribution in [0, 0.1) is 10.8 Å². The number of carbonyl (C=O) groups is 2. The van der Waals surface area contributed by atoms with E-state index < -0.39 is 5.60 Å². The predicted molar refractivity (Wildman–Crippen MR) is 103 cm³/mol. The average molecular weight is 353 g/mol. The molecule has 2 rings (SSSR count). The fraction of sp³-hybridized carbons (Fsp3) is 0.300. The summed E-state index contributed by atoms with van der Waals surface area (Å²) in [5.74, 6) is -0.486. The van der Waals surface area contributed by atoms with Gasteiger partial charge in [-0.05, 0) is 51.5 Å². The quantitative estimate of drug-likeness (QED) is 0.469. The van der Waals surface area contributed by atoms with Crippen molar-refractivity contribution in [2.24, 2.45) is 0 Å². The number of rotatable bonds is 6. The van der Waals surface area contributed by atoms with Crippen LogP contribution in [0.5, 0.6) is 0 Å². The summed E-state index contributed by atoms with van der Waals surface area (Å²) >= 11 is 0. The molecule has 0 bridgehead atoms. The minimum Gasteiger partial charge on any atom is -0.459 e. The highest BCUT2D eigenvalue weighted by Gasteiger charge is 2.19. The monoisotopic (exact) mass is 353 g/mol. The molecule has 136 valence electrons. The molecule has 1 aromatic carbocycles. The summed E-state index contributed by atoms with van der Waals surface area (Å²) in [5.41, 5.74) is 1.96. The van der Waals surface area contributed by atoms with E-state index in [1.807, 2.05) is 6.07 Å². The number of hydrogen-bond acceptors (Lipinski definition) is 5. The molecule has 0 unspecified atom stereocenters. The van der Waals surface area contributed by atoms with Crippen LogP contribution in [0.3, 0.4) is 0 Å². The largest absolute Gasteiger partial charge is 0.459 e. The van der Waals surface area contributed by atoms with Crippen LogP contribution >= 0.6 is 0 Å². The predicted octanol–water partition coefficient (Wildman–Crippen LogP) is 3.87. The normalized spacial score (nSPS) is 12.1. The van der Waals surface area contributed by atoms with Crippen molar-refractivity contribution in [3.63, 3.8) is 0 Å². The van der Waals surface area contributed by atoms with Gasteiger partial charge in [-0.1, -0.05) is 6.07 Å². The zero-order valence-electron chi connectivity index (χ0n) is 15.4. The Hall–Kier alpha value is -3.02. The molecule has 0 amide bonds. The first-order valence-corrected chi connectivity index (χ1v) is 8.23. The molecular formula is C20H23N3O3. The average Bonchev–Trinajstić information content (AvgIpc) is 2.88. The lowest BCUT2D eigenvalue weighted by Gasteiger charge is -2.19. The molecule has 2 N–H and O–H groups in total. The van der Waals surface area contributed by atoms with Crippen LogP contribution < -0.4 is 0 Å². The third-order valence-corrected chi connectivity index (χ3v) is 3.73. The van der Waals surface area contributed by atoms with Gasteiger partial charge in [0.1, 0.15) is 12.1 Å². The summed E-state index contributed by atoms with van der Waals surface area (Å²) in [6.07, 6.45) is 5.45. The number of benzene rings is 1. The Labute approximate surface area is 152 Å². The zero-order chi connectivity index (χ0) is 19.5. The molecule has 0 atom stereocenters. The molecular weight excluding hydrogens is 330 g/mol. The summed E-state index contributed by atoms with van der Waals surface area (Å²) in [5, 5.41) is 15.4. The number of esters is 1. The maximum absolute atomic E-state index is 12.2. The summed E-state index contributed by atoms with van der Waals surface area (Å²) in [4.78, 5) is 24.2. The number of nitrogens with zero attached hydrogens (tertiary/aromatic N) is 1. The second-order valence-corrected chi connectivity index (χ2v) is 6.98. The lowest BCUT2D eigenvalue weighted by atomic mass is 10.0. The van der Waals surface area contributed by atoms with Crippen LogP contribution in [-0.4, -0.2) is 34.3 Å². The number of hydrogen-bond donors (Lipinski definition) is 2. The first kappa shape index (κ1) is 19.3. The molecule has 1 aromatic heterocycles. The Morgan fingerprint density at radius 2 is 1.92 bits per heavy atom. The van der Waals surface area contributed by atoms with E-state index in [4.69, 9.17) is 15.6 Å². The number of ketones is 1. The number of carbonyl (C=O) groups excluding carboxylic acids is 2. The molecule has 6 nitrogen and oxygen atoms in total. The van der Waals surface area contributed by atoms with Crippen LogP contribution in [0.25, 0.3) is 16.5 Å². The van der Waals surface area contributed by atoms with E-state index in [1.165, 1.54) is 13.0 Å². The van der Waals surface area contributed by atoms with Gasteiger partial charge in [0.05, 0.1) is 0 Å². The number of nitrogens with one attached hydrogen (secondary N) is 2. The van der Waals surface area contributed by atoms with Crippen LogP contribution in [0.2, 0.25) is 0 Å². The van der Waals surface area contributed by atoms with E-state index >= 15 is 0 Å². The highest BCUT2D eigenvalue weighted by atomic mass is 16.6. The Balaban J connectivity index is 2.52. The lowest BCUT2D eigenvalue weighted by Crippen LogP contribution is -2.26. The topological polar surface area (TPSA) is 96.0 Å². The maximum atomic E-state index is 12.2. The van der Waals surface area contributed by atoms with Crippen molar-refractivity contribution in [1.82, 2.24) is 4.57 Å². The van der Waals surface area contributed by atoms with Gasteiger partial charge in [-0.2, -0.15) is 0 Å². The smallest absolute Gasteiger partial charge is 0.326 e. The van der Waals surface area contributed by atoms with Crippen molar-refractivity contribution in [3.05, 3.63) is 41.6 Å². The Morgan fingerprint density at radius 3 is 2.46 bits per heavy atom. The number of ether oxygens (including phenoxy) is 1. The van der Waals surface area contributed by atoms with Gasteiger partial charge in [0.2, 0.25) is 0 Å². The molecule has 0 aliphatic rings. The Kier molecular flexibility index (Phi) is 5.55. The first-order valence-electron chi connectivity index (χ1n) is 8.23. The van der Waals surface area contributed by atoms with E-state index in [-0.39, 0.29) is 18.3 Å². The second-order valence-electron chi connectivity index (χ2n) is 6.98. The van der Waals surface area contributed by atoms with Crippen molar-refractivity contribution >= 4 is 40.7 Å². The van der Waals surface area contributed by atoms with Gasteiger partial charge >= 0.3 is 5.97 Å². The summed E-state index contributed by atoms with van der Waals surface area (Å²) < 4.78 is 7.07. The maximum Gasteiger partial charge on any atom is 0.326 e. The summed E-state index contributed by atoms with van der Waals surface area (Å²) in [6, 6.07) is 5.42. The van der Waals surface area contributed by atoms with E-state index in [1.54, 1.807) is 43.7 Å². The van der Waals surface area contributed by atoms with E-state index in [9.17, 15) is 9.59 Å². The van der Waals surface area contributed by atoms with Crippen molar-refractivity contribution in [3.8, 4) is 0 Å². The van der Waals surface area contributed by atoms with Crippen molar-refractivity contribution < 1.29 is 14.3 Å². The molecule has 0 aliphatic carbocycles. The van der Waals surface area contributed by atoms with Crippen LogP contribution in [0.1, 0.15) is 43.6 Å². The molecule has 6 heteroatoms. The minimum atomic E-state index is -0.576. The molecule has 1 heterocycles. The van der Waals surface area contributed by atoms with Gasteiger partial charge in [0, 0.05) is 40.7 Å². The number of aromatic nitrogens is 1. The summed E-state index contributed by atoms with van der Waals surface area (Å²) in [6.45, 7) is 6.90. The van der Waals surface area contributed by atoms with Gasteiger partial charge < -0.3 is 20.1 Å². The van der Waals surface area contributed by atoms with Gasteiger partial charge in [-0.15, -0.1) is 0 Å². The molecule has 0 aliphatic heterocycles. The lowest BCUT2D eigenvalue weighted by molar-refractivity contribution is -0.155. The number of Topliss-reactive ketones (excluding diaryl/α,β-unsaturated/α-hetero) is 1. The highest BCUT2D eigenvalue weighted by molar-refractivity contribution is 6.14. The third kappa shape index (κ3) is 4.33. The zero-order valence-corrected chi connectivity index (χ0v) is 15.4. The molecule has 0 spiro atoms. The van der Waals surface area contributed by atoms with Gasteiger partial charge in [0.15, 0.2) is 5.78 Å². The molecule has 26 heavy (non-hydrogen) atoms. The van der Waals surface area contributed by atoms with Gasteiger partial charge in [-0.25, -0.2) is 0 Å². The van der Waals surface area contributed by atoms with Gasteiger partial charge in [0.25, 0.3) is 0 Å². The Morgan fingerprint density at radius 1 is 1.23 bits per heavy atom.